The fraction of sp³-hybridized carbons (Fsp3) is 0.318. The van der Waals surface area contributed by atoms with Crippen molar-refractivity contribution in [2.75, 3.05) is 0 Å². The Morgan fingerprint density at radius 1 is 1.25 bits per heavy atom. The molecule has 1 fully saturated rings. The number of aromatic nitrogens is 2. The van der Waals surface area contributed by atoms with Crippen LogP contribution in [0.25, 0.3) is 10.9 Å². The lowest BCUT2D eigenvalue weighted by Gasteiger charge is -2.30. The van der Waals surface area contributed by atoms with E-state index >= 15 is 0 Å². The van der Waals surface area contributed by atoms with Crippen LogP contribution < -0.4 is 5.56 Å². The first kappa shape index (κ1) is 18.9. The Morgan fingerprint density at radius 2 is 2.00 bits per heavy atom. The van der Waals surface area contributed by atoms with Crippen molar-refractivity contribution in [3.05, 3.63) is 75.2 Å². The van der Waals surface area contributed by atoms with E-state index in [4.69, 9.17) is 0 Å². The number of rotatable bonds is 6. The molecule has 0 bridgehead atoms. The molecule has 0 spiro atoms. The summed E-state index contributed by atoms with van der Waals surface area (Å²) < 4.78 is 2.23. The molecule has 28 heavy (non-hydrogen) atoms. The minimum atomic E-state index is -0.196. The van der Waals surface area contributed by atoms with Gasteiger partial charge in [0.2, 0.25) is 5.91 Å². The smallest absolute Gasteiger partial charge is 0.261 e. The Balaban J connectivity index is 1.61. The minimum Gasteiger partial charge on any atom is -0.334 e. The van der Waals surface area contributed by atoms with E-state index in [2.05, 4.69) is 27.8 Å². The van der Waals surface area contributed by atoms with Crippen molar-refractivity contribution in [1.82, 2.24) is 14.5 Å². The third kappa shape index (κ3) is 4.02. The van der Waals surface area contributed by atoms with Crippen LogP contribution >= 0.6 is 15.9 Å². The predicted octanol–water partition coefficient (Wildman–Crippen LogP) is 3.99. The molecular weight excluding hydrogens is 418 g/mol. The lowest BCUT2D eigenvalue weighted by molar-refractivity contribution is -0.135. The number of fused-ring (bicyclic) bond motifs is 1. The first-order chi connectivity index (χ1) is 13.5. The van der Waals surface area contributed by atoms with E-state index in [1.165, 1.54) is 10.9 Å². The second-order valence-electron chi connectivity index (χ2n) is 7.42. The quantitative estimate of drug-likeness (QED) is 0.583. The van der Waals surface area contributed by atoms with Gasteiger partial charge in [0.1, 0.15) is 6.54 Å². The molecule has 1 saturated carbocycles. The maximum absolute atomic E-state index is 13.2. The van der Waals surface area contributed by atoms with Crippen LogP contribution in [0.3, 0.4) is 0 Å². The number of amides is 1. The van der Waals surface area contributed by atoms with Crippen LogP contribution in [0.4, 0.5) is 0 Å². The number of hydrogen-bond acceptors (Lipinski definition) is 3. The van der Waals surface area contributed by atoms with E-state index in [9.17, 15) is 9.59 Å². The highest BCUT2D eigenvalue weighted by Crippen LogP contribution is 2.35. The third-order valence-electron chi connectivity index (χ3n) is 5.40. The molecule has 3 aromatic rings. The lowest BCUT2D eigenvalue weighted by Crippen LogP contribution is -2.42. The molecule has 0 saturated heterocycles. The molecule has 4 rings (SSSR count). The molecule has 0 N–H and O–H groups in total. The van der Waals surface area contributed by atoms with Crippen LogP contribution in [-0.2, 0) is 17.9 Å². The van der Waals surface area contributed by atoms with Gasteiger partial charge in [0, 0.05) is 17.1 Å². The largest absolute Gasteiger partial charge is 0.334 e. The van der Waals surface area contributed by atoms with Crippen molar-refractivity contribution < 1.29 is 4.79 Å². The van der Waals surface area contributed by atoms with Crippen LogP contribution in [0.5, 0.6) is 0 Å². The molecular formula is C22H22BrN3O2. The summed E-state index contributed by atoms with van der Waals surface area (Å²) in [6, 6.07) is 15.5. The molecule has 6 heteroatoms. The minimum absolute atomic E-state index is 0.00181. The van der Waals surface area contributed by atoms with Gasteiger partial charge in [-0.3, -0.25) is 14.2 Å². The average molecular weight is 440 g/mol. The topological polar surface area (TPSA) is 55.2 Å². The molecule has 144 valence electrons. The highest BCUT2D eigenvalue weighted by atomic mass is 79.9. The molecule has 2 aromatic carbocycles. The second kappa shape index (κ2) is 7.87. The van der Waals surface area contributed by atoms with Crippen molar-refractivity contribution in [2.45, 2.75) is 38.9 Å². The molecule has 1 aliphatic rings. The maximum Gasteiger partial charge on any atom is 0.261 e. The highest BCUT2D eigenvalue weighted by molar-refractivity contribution is 9.10. The Hall–Kier alpha value is -2.47. The summed E-state index contributed by atoms with van der Waals surface area (Å²) in [6.45, 7) is 2.66. The number of carbonyl (C=O) groups excluding carboxylic acids is 1. The van der Waals surface area contributed by atoms with Gasteiger partial charge >= 0.3 is 0 Å². The van der Waals surface area contributed by atoms with Crippen molar-refractivity contribution in [3.63, 3.8) is 0 Å². The molecule has 1 aliphatic carbocycles. The van der Waals surface area contributed by atoms with Crippen molar-refractivity contribution in [1.29, 1.82) is 0 Å². The summed E-state index contributed by atoms with van der Waals surface area (Å²) >= 11 is 3.39. The number of halogens is 1. The van der Waals surface area contributed by atoms with Crippen molar-refractivity contribution in [2.24, 2.45) is 5.92 Å². The van der Waals surface area contributed by atoms with Gasteiger partial charge in [0.15, 0.2) is 0 Å². The van der Waals surface area contributed by atoms with Crippen LogP contribution in [0.1, 0.15) is 25.3 Å². The molecule has 0 aliphatic heterocycles. The molecule has 1 aromatic heterocycles. The summed E-state index contributed by atoms with van der Waals surface area (Å²) in [6.07, 6.45) is 3.79. The summed E-state index contributed by atoms with van der Waals surface area (Å²) in [5.74, 6) is 0.497. The number of nitrogens with zero attached hydrogens (tertiary/aromatic N) is 3. The van der Waals surface area contributed by atoms with Crippen LogP contribution in [-0.4, -0.2) is 26.4 Å². The maximum atomic E-state index is 13.2. The molecule has 1 unspecified atom stereocenters. The monoisotopic (exact) mass is 439 g/mol. The second-order valence-corrected chi connectivity index (χ2v) is 8.34. The van der Waals surface area contributed by atoms with E-state index < -0.39 is 0 Å². The number of benzene rings is 2. The molecule has 1 amide bonds. The Kier molecular flexibility index (Phi) is 5.31. The SMILES string of the molecule is CC(C1CC1)N(Cc1ccccc1)C(=O)Cn1cnc2ccc(Br)cc2c1=O. The van der Waals surface area contributed by atoms with E-state index in [1.807, 2.05) is 41.3 Å². The molecule has 5 nitrogen and oxygen atoms in total. The first-order valence-electron chi connectivity index (χ1n) is 9.51. The van der Waals surface area contributed by atoms with Gasteiger partial charge in [0.25, 0.3) is 5.56 Å². The predicted molar refractivity (Wildman–Crippen MR) is 113 cm³/mol. The van der Waals surface area contributed by atoms with Crippen LogP contribution in [0.15, 0.2) is 64.1 Å². The summed E-state index contributed by atoms with van der Waals surface area (Å²) in [5.41, 5.74) is 1.53. The van der Waals surface area contributed by atoms with Crippen LogP contribution in [0, 0.1) is 5.92 Å². The van der Waals surface area contributed by atoms with E-state index in [1.54, 1.807) is 12.1 Å². The summed E-state index contributed by atoms with van der Waals surface area (Å²) in [4.78, 5) is 32.3. The van der Waals surface area contributed by atoms with Crippen molar-refractivity contribution >= 4 is 32.7 Å². The van der Waals surface area contributed by atoms with Gasteiger partial charge in [-0.05, 0) is 49.4 Å². The van der Waals surface area contributed by atoms with Gasteiger partial charge in [-0.2, -0.15) is 0 Å². The highest BCUT2D eigenvalue weighted by Gasteiger charge is 2.34. The summed E-state index contributed by atoms with van der Waals surface area (Å²) in [5, 5.41) is 0.509. The fourth-order valence-corrected chi connectivity index (χ4v) is 3.91. The Labute approximate surface area is 172 Å². The summed E-state index contributed by atoms with van der Waals surface area (Å²) in [7, 11) is 0. The standard InChI is InChI=1S/C22H22BrN3O2/c1-15(17-7-8-17)26(12-16-5-3-2-4-6-16)21(27)13-25-14-24-20-10-9-18(23)11-19(20)22(25)28/h2-6,9-11,14-15,17H,7-8,12-13H2,1H3. The molecule has 1 heterocycles. The Bertz CT molecular complexity index is 1060. The zero-order valence-corrected chi connectivity index (χ0v) is 17.3. The van der Waals surface area contributed by atoms with Crippen molar-refractivity contribution in [3.8, 4) is 0 Å². The van der Waals surface area contributed by atoms with Gasteiger partial charge in [-0.15, -0.1) is 0 Å². The van der Waals surface area contributed by atoms with Gasteiger partial charge in [-0.1, -0.05) is 46.3 Å². The first-order valence-corrected chi connectivity index (χ1v) is 10.3. The van der Waals surface area contributed by atoms with E-state index in [0.29, 0.717) is 23.4 Å². The zero-order chi connectivity index (χ0) is 19.7. The molecule has 1 atom stereocenters. The van der Waals surface area contributed by atoms with E-state index in [-0.39, 0.29) is 24.1 Å². The lowest BCUT2D eigenvalue weighted by atomic mass is 10.1. The molecule has 0 radical (unpaired) electrons. The van der Waals surface area contributed by atoms with Gasteiger partial charge in [-0.25, -0.2) is 4.98 Å². The zero-order valence-electron chi connectivity index (χ0n) is 15.7. The third-order valence-corrected chi connectivity index (χ3v) is 5.90. The normalized spacial score (nSPS) is 14.8. The van der Waals surface area contributed by atoms with E-state index in [0.717, 1.165) is 22.9 Å². The number of hydrogen-bond donors (Lipinski definition) is 0. The average Bonchev–Trinajstić information content (AvgIpc) is 3.54. The van der Waals surface area contributed by atoms with Gasteiger partial charge < -0.3 is 4.90 Å². The van der Waals surface area contributed by atoms with Crippen LogP contribution in [0.2, 0.25) is 0 Å². The fourth-order valence-electron chi connectivity index (χ4n) is 3.55. The number of carbonyl (C=O) groups is 1. The Morgan fingerprint density at radius 3 is 2.71 bits per heavy atom. The van der Waals surface area contributed by atoms with Gasteiger partial charge in [0.05, 0.1) is 17.2 Å².